The highest BCUT2D eigenvalue weighted by Gasteiger charge is 2.32. The van der Waals surface area contributed by atoms with Gasteiger partial charge in [0.15, 0.2) is 0 Å². The summed E-state index contributed by atoms with van der Waals surface area (Å²) in [6, 6.07) is 1.44. The Morgan fingerprint density at radius 1 is 1.11 bits per heavy atom. The van der Waals surface area contributed by atoms with Crippen molar-refractivity contribution in [1.82, 2.24) is 20.9 Å². The summed E-state index contributed by atoms with van der Waals surface area (Å²) >= 11 is 0. The van der Waals surface area contributed by atoms with Crippen LogP contribution in [0.25, 0.3) is 0 Å². The van der Waals surface area contributed by atoms with Gasteiger partial charge in [-0.05, 0) is 38.9 Å². The van der Waals surface area contributed by atoms with Gasteiger partial charge in [-0.3, -0.25) is 0 Å². The van der Waals surface area contributed by atoms with E-state index < -0.39 is 0 Å². The van der Waals surface area contributed by atoms with Gasteiger partial charge >= 0.3 is 0 Å². The highest BCUT2D eigenvalue weighted by atomic mass is 16.5. The second-order valence-electron chi connectivity index (χ2n) is 6.24. The standard InChI is InChI=1S/C8H16N2.C6H12N2O/c1-10-4-2-3-7-5-9-6-8(7)10;1-2-9-6-4-7-3-5(6)8-1/h7-9H,2-6H2,1H3;5-8H,1-4H2. The second kappa shape index (κ2) is 6.50. The minimum Gasteiger partial charge on any atom is -0.374 e. The van der Waals surface area contributed by atoms with E-state index in [1.807, 2.05) is 0 Å². The Hall–Kier alpha value is -0.200. The van der Waals surface area contributed by atoms with Gasteiger partial charge in [-0.25, -0.2) is 0 Å². The first kappa shape index (κ1) is 13.8. The van der Waals surface area contributed by atoms with E-state index in [1.165, 1.54) is 32.5 Å². The van der Waals surface area contributed by atoms with Gasteiger partial charge in [-0.2, -0.15) is 0 Å². The van der Waals surface area contributed by atoms with Crippen molar-refractivity contribution >= 4 is 0 Å². The van der Waals surface area contributed by atoms with Crippen LogP contribution in [0.2, 0.25) is 0 Å². The minimum atomic E-state index is 0.443. The fourth-order valence-electron chi connectivity index (χ4n) is 3.79. The molecule has 0 aromatic carbocycles. The molecule has 0 radical (unpaired) electrons. The van der Waals surface area contributed by atoms with Crippen LogP contribution in [-0.2, 0) is 4.74 Å². The SMILES string of the molecule is C1COC2CNCC2N1.CN1CCCC2CNCC21. The second-order valence-corrected chi connectivity index (χ2v) is 6.24. The third-order valence-electron chi connectivity index (χ3n) is 4.96. The van der Waals surface area contributed by atoms with E-state index in [9.17, 15) is 0 Å². The van der Waals surface area contributed by atoms with Crippen LogP contribution in [0.15, 0.2) is 0 Å². The number of fused-ring (bicyclic) bond motifs is 2. The fraction of sp³-hybridized carbons (Fsp3) is 1.00. The normalized spacial score (nSPS) is 42.2. The molecule has 0 amide bonds. The molecule has 0 bridgehead atoms. The Bertz CT molecular complexity index is 277. The molecule has 19 heavy (non-hydrogen) atoms. The summed E-state index contributed by atoms with van der Waals surface area (Å²) in [4.78, 5) is 2.51. The lowest BCUT2D eigenvalue weighted by Gasteiger charge is -2.33. The lowest BCUT2D eigenvalue weighted by molar-refractivity contribution is 0.0207. The summed E-state index contributed by atoms with van der Waals surface area (Å²) < 4.78 is 5.48. The number of hydrogen-bond acceptors (Lipinski definition) is 5. The van der Waals surface area contributed by atoms with Crippen molar-refractivity contribution in [3.05, 3.63) is 0 Å². The maximum Gasteiger partial charge on any atom is 0.0865 e. The van der Waals surface area contributed by atoms with E-state index in [2.05, 4.69) is 27.9 Å². The maximum atomic E-state index is 5.48. The van der Waals surface area contributed by atoms with Crippen LogP contribution in [0, 0.1) is 5.92 Å². The van der Waals surface area contributed by atoms with Gasteiger partial charge in [0.25, 0.3) is 0 Å². The Labute approximate surface area is 116 Å². The number of morpholine rings is 1. The van der Waals surface area contributed by atoms with E-state index in [-0.39, 0.29) is 0 Å². The average molecular weight is 268 g/mol. The van der Waals surface area contributed by atoms with Crippen molar-refractivity contribution in [3.63, 3.8) is 0 Å². The number of ether oxygens (including phenoxy) is 1. The van der Waals surface area contributed by atoms with Gasteiger partial charge in [-0.1, -0.05) is 0 Å². The molecule has 4 aliphatic heterocycles. The van der Waals surface area contributed by atoms with E-state index in [1.54, 1.807) is 0 Å². The topological polar surface area (TPSA) is 48.6 Å². The van der Waals surface area contributed by atoms with E-state index in [4.69, 9.17) is 4.74 Å². The van der Waals surface area contributed by atoms with Crippen molar-refractivity contribution in [2.24, 2.45) is 5.92 Å². The maximum absolute atomic E-state index is 5.48. The van der Waals surface area contributed by atoms with Crippen LogP contribution in [0.3, 0.4) is 0 Å². The number of likely N-dealkylation sites (N-methyl/N-ethyl adjacent to an activating group) is 1. The summed E-state index contributed by atoms with van der Waals surface area (Å²) in [6.07, 6.45) is 3.29. The van der Waals surface area contributed by atoms with Crippen LogP contribution in [0.1, 0.15) is 12.8 Å². The Morgan fingerprint density at radius 2 is 2.00 bits per heavy atom. The first-order valence-corrected chi connectivity index (χ1v) is 7.81. The molecule has 4 aliphatic rings. The molecule has 4 heterocycles. The van der Waals surface area contributed by atoms with E-state index in [0.29, 0.717) is 12.1 Å². The van der Waals surface area contributed by atoms with Gasteiger partial charge in [0, 0.05) is 38.3 Å². The summed E-state index contributed by atoms with van der Waals surface area (Å²) in [5, 5.41) is 10.1. The monoisotopic (exact) mass is 268 g/mol. The molecule has 0 aromatic heterocycles. The minimum absolute atomic E-state index is 0.443. The zero-order valence-electron chi connectivity index (χ0n) is 12.0. The molecule has 4 atom stereocenters. The average Bonchev–Trinajstić information content (AvgIpc) is 3.08. The number of rotatable bonds is 0. The molecule has 3 N–H and O–H groups in total. The fourth-order valence-corrected chi connectivity index (χ4v) is 3.79. The van der Waals surface area contributed by atoms with Gasteiger partial charge < -0.3 is 25.6 Å². The van der Waals surface area contributed by atoms with Crippen LogP contribution in [0.4, 0.5) is 0 Å². The summed E-state index contributed by atoms with van der Waals surface area (Å²) in [6.45, 7) is 7.78. The molecule has 4 saturated heterocycles. The predicted octanol–water partition coefficient (Wildman–Crippen LogP) is -0.753. The molecule has 4 rings (SSSR count). The highest BCUT2D eigenvalue weighted by Crippen LogP contribution is 2.24. The molecule has 4 fully saturated rings. The summed E-state index contributed by atoms with van der Waals surface area (Å²) in [5.41, 5.74) is 0. The third-order valence-corrected chi connectivity index (χ3v) is 4.96. The van der Waals surface area contributed by atoms with Gasteiger partial charge in [0.2, 0.25) is 0 Å². The third kappa shape index (κ3) is 3.28. The first-order valence-electron chi connectivity index (χ1n) is 7.81. The summed E-state index contributed by atoms with van der Waals surface area (Å²) in [7, 11) is 2.25. The molecule has 0 spiro atoms. The van der Waals surface area contributed by atoms with Crippen molar-refractivity contribution in [3.8, 4) is 0 Å². The van der Waals surface area contributed by atoms with E-state index in [0.717, 1.165) is 38.2 Å². The van der Waals surface area contributed by atoms with Crippen molar-refractivity contribution in [2.75, 3.05) is 52.9 Å². The molecule has 5 nitrogen and oxygen atoms in total. The van der Waals surface area contributed by atoms with Gasteiger partial charge in [-0.15, -0.1) is 0 Å². The Balaban J connectivity index is 0.000000117. The molecular formula is C14H28N4O. The first-order chi connectivity index (χ1) is 9.34. The quantitative estimate of drug-likeness (QED) is 0.539. The van der Waals surface area contributed by atoms with Crippen molar-refractivity contribution in [2.45, 2.75) is 31.0 Å². The summed E-state index contributed by atoms with van der Waals surface area (Å²) in [5.74, 6) is 0.957. The van der Waals surface area contributed by atoms with Crippen molar-refractivity contribution in [1.29, 1.82) is 0 Å². The predicted molar refractivity (Wildman–Crippen MR) is 76.4 cm³/mol. The van der Waals surface area contributed by atoms with Gasteiger partial charge in [0.05, 0.1) is 12.7 Å². The number of nitrogens with one attached hydrogen (secondary N) is 3. The van der Waals surface area contributed by atoms with Gasteiger partial charge in [0.1, 0.15) is 0 Å². The zero-order chi connectivity index (χ0) is 13.1. The molecule has 0 aliphatic carbocycles. The van der Waals surface area contributed by atoms with Crippen LogP contribution >= 0.6 is 0 Å². The highest BCUT2D eigenvalue weighted by molar-refractivity contribution is 4.90. The lowest BCUT2D eigenvalue weighted by Crippen LogP contribution is -2.47. The van der Waals surface area contributed by atoms with Crippen LogP contribution in [-0.4, -0.2) is 76.0 Å². The van der Waals surface area contributed by atoms with E-state index >= 15 is 0 Å². The largest absolute Gasteiger partial charge is 0.374 e. The van der Waals surface area contributed by atoms with Crippen molar-refractivity contribution < 1.29 is 4.74 Å². The Kier molecular flexibility index (Phi) is 4.71. The molecule has 0 aromatic rings. The number of hydrogen-bond donors (Lipinski definition) is 3. The smallest absolute Gasteiger partial charge is 0.0865 e. The van der Waals surface area contributed by atoms with Crippen LogP contribution in [0.5, 0.6) is 0 Å². The number of likely N-dealkylation sites (tertiary alicyclic amines) is 1. The Morgan fingerprint density at radius 3 is 2.84 bits per heavy atom. The molecule has 0 saturated carbocycles. The molecule has 110 valence electrons. The lowest BCUT2D eigenvalue weighted by atomic mass is 9.93. The number of piperidine rings is 1. The molecule has 5 heteroatoms. The zero-order valence-corrected chi connectivity index (χ0v) is 12.0. The van der Waals surface area contributed by atoms with Crippen LogP contribution < -0.4 is 16.0 Å². The molecular weight excluding hydrogens is 240 g/mol. The number of nitrogens with zero attached hydrogens (tertiary/aromatic N) is 1. The molecule has 4 unspecified atom stereocenters.